The van der Waals surface area contributed by atoms with Gasteiger partial charge >= 0.3 is 6.36 Å². The summed E-state index contributed by atoms with van der Waals surface area (Å²) in [7, 11) is 0. The zero-order valence-electron chi connectivity index (χ0n) is 19.2. The molecule has 0 saturated carbocycles. The Bertz CT molecular complexity index is 1320. The fourth-order valence-corrected chi connectivity index (χ4v) is 4.63. The molecular formula is C24H22F3N5O3S. The van der Waals surface area contributed by atoms with Crippen LogP contribution in [0.4, 0.5) is 13.2 Å². The van der Waals surface area contributed by atoms with Crippen molar-refractivity contribution >= 4 is 11.9 Å². The van der Waals surface area contributed by atoms with Gasteiger partial charge in [-0.25, -0.2) is 19.0 Å². The molecule has 0 radical (unpaired) electrons. The van der Waals surface area contributed by atoms with E-state index in [0.29, 0.717) is 29.5 Å². The number of halogens is 3. The molecule has 188 valence electrons. The third-order valence-electron chi connectivity index (χ3n) is 5.36. The lowest BCUT2D eigenvalue weighted by Crippen LogP contribution is -2.30. The Kier molecular flexibility index (Phi) is 6.99. The van der Waals surface area contributed by atoms with Gasteiger partial charge in [-0.05, 0) is 60.8 Å². The molecule has 2 aromatic heterocycles. The molecule has 0 unspecified atom stereocenters. The van der Waals surface area contributed by atoms with E-state index in [0.717, 1.165) is 36.8 Å². The van der Waals surface area contributed by atoms with E-state index in [2.05, 4.69) is 36.2 Å². The quantitative estimate of drug-likeness (QED) is 0.310. The zero-order chi connectivity index (χ0) is 25.1. The molecule has 0 atom stereocenters. The lowest BCUT2D eigenvalue weighted by atomic mass is 10.2. The van der Waals surface area contributed by atoms with Crippen LogP contribution in [0, 0.1) is 6.92 Å². The standard InChI is InChI=1S/C24H22F3N5O3S/c1-16-29-22(23-28-14-21(34-23)18-5-7-19(8-6-18)35-24(25,26)27)30-32(16)15-17-3-2-4-20(13-17)36-31-9-11-33-12-10-31/h2-8,13-14H,9-12,15H2,1H3. The minimum absolute atomic E-state index is 0.221. The highest BCUT2D eigenvalue weighted by Crippen LogP contribution is 2.29. The predicted molar refractivity (Wildman–Crippen MR) is 126 cm³/mol. The number of nitrogens with zero attached hydrogens (tertiary/aromatic N) is 5. The van der Waals surface area contributed by atoms with E-state index in [9.17, 15) is 13.2 Å². The van der Waals surface area contributed by atoms with E-state index in [1.54, 1.807) is 16.6 Å². The molecule has 0 bridgehead atoms. The summed E-state index contributed by atoms with van der Waals surface area (Å²) in [5.74, 6) is 1.32. The molecule has 0 spiro atoms. The Balaban J connectivity index is 1.27. The third-order valence-corrected chi connectivity index (χ3v) is 6.45. The van der Waals surface area contributed by atoms with Gasteiger partial charge in [-0.15, -0.1) is 18.3 Å². The number of rotatable bonds is 7. The summed E-state index contributed by atoms with van der Waals surface area (Å²) >= 11 is 1.72. The number of morpholine rings is 1. The van der Waals surface area contributed by atoms with Crippen molar-refractivity contribution in [2.45, 2.75) is 24.7 Å². The second-order valence-corrected chi connectivity index (χ2v) is 9.19. The zero-order valence-corrected chi connectivity index (χ0v) is 20.1. The first-order chi connectivity index (χ1) is 17.3. The Labute approximate surface area is 209 Å². The minimum atomic E-state index is -4.74. The van der Waals surface area contributed by atoms with Gasteiger partial charge in [0.25, 0.3) is 5.89 Å². The summed E-state index contributed by atoms with van der Waals surface area (Å²) < 4.78 is 56.3. The number of oxazole rings is 1. The average Bonchev–Trinajstić information content (AvgIpc) is 3.47. The van der Waals surface area contributed by atoms with Crippen LogP contribution in [0.2, 0.25) is 0 Å². The van der Waals surface area contributed by atoms with E-state index in [1.807, 2.05) is 19.1 Å². The van der Waals surface area contributed by atoms with Crippen molar-refractivity contribution in [3.05, 3.63) is 66.1 Å². The summed E-state index contributed by atoms with van der Waals surface area (Å²) in [5, 5.41) is 4.55. The van der Waals surface area contributed by atoms with Crippen LogP contribution in [0.3, 0.4) is 0 Å². The monoisotopic (exact) mass is 517 g/mol. The second-order valence-electron chi connectivity index (χ2n) is 8.02. The third kappa shape index (κ3) is 6.07. The first kappa shape index (κ1) is 24.3. The molecule has 1 saturated heterocycles. The van der Waals surface area contributed by atoms with Gasteiger partial charge in [0.15, 0.2) is 5.76 Å². The maximum Gasteiger partial charge on any atom is 0.573 e. The number of alkyl halides is 3. The number of hydrogen-bond donors (Lipinski definition) is 0. The number of benzene rings is 2. The molecule has 1 aliphatic heterocycles. The Morgan fingerprint density at radius 2 is 1.86 bits per heavy atom. The van der Waals surface area contributed by atoms with Crippen molar-refractivity contribution < 1.29 is 27.1 Å². The van der Waals surface area contributed by atoms with Crippen molar-refractivity contribution in [3.8, 4) is 28.8 Å². The lowest BCUT2D eigenvalue weighted by Gasteiger charge is -2.25. The fourth-order valence-electron chi connectivity index (χ4n) is 3.65. The van der Waals surface area contributed by atoms with Gasteiger partial charge < -0.3 is 13.9 Å². The van der Waals surface area contributed by atoms with Crippen molar-refractivity contribution in [1.82, 2.24) is 24.1 Å². The lowest BCUT2D eigenvalue weighted by molar-refractivity contribution is -0.274. The second kappa shape index (κ2) is 10.3. The van der Waals surface area contributed by atoms with Crippen LogP contribution in [-0.2, 0) is 11.3 Å². The van der Waals surface area contributed by atoms with E-state index in [4.69, 9.17) is 9.15 Å². The molecule has 3 heterocycles. The Morgan fingerprint density at radius 1 is 1.08 bits per heavy atom. The van der Waals surface area contributed by atoms with Gasteiger partial charge in [0, 0.05) is 23.5 Å². The molecule has 1 fully saturated rings. The van der Waals surface area contributed by atoms with Crippen LogP contribution in [0.1, 0.15) is 11.4 Å². The van der Waals surface area contributed by atoms with Crippen molar-refractivity contribution in [3.63, 3.8) is 0 Å². The number of hydrogen-bond acceptors (Lipinski definition) is 8. The van der Waals surface area contributed by atoms with E-state index in [-0.39, 0.29) is 11.6 Å². The Morgan fingerprint density at radius 3 is 2.61 bits per heavy atom. The van der Waals surface area contributed by atoms with Crippen molar-refractivity contribution in [2.24, 2.45) is 0 Å². The number of ether oxygens (including phenoxy) is 2. The van der Waals surface area contributed by atoms with Crippen LogP contribution < -0.4 is 4.74 Å². The summed E-state index contributed by atoms with van der Waals surface area (Å²) in [4.78, 5) is 9.88. The number of aryl methyl sites for hydroxylation is 1. The van der Waals surface area contributed by atoms with E-state index < -0.39 is 6.36 Å². The SMILES string of the molecule is Cc1nc(-c2ncc(-c3ccc(OC(F)(F)F)cc3)o2)nn1Cc1cccc(SN2CCOCC2)c1. The maximum absolute atomic E-state index is 12.4. The highest BCUT2D eigenvalue weighted by Gasteiger charge is 2.31. The normalized spacial score (nSPS) is 14.8. The molecule has 5 rings (SSSR count). The van der Waals surface area contributed by atoms with Gasteiger partial charge in [-0.1, -0.05) is 12.1 Å². The Hall–Kier alpha value is -3.35. The molecule has 4 aromatic rings. The van der Waals surface area contributed by atoms with Crippen LogP contribution in [0.15, 0.2) is 64.0 Å². The number of aromatic nitrogens is 4. The van der Waals surface area contributed by atoms with Crippen LogP contribution in [0.25, 0.3) is 23.0 Å². The molecule has 36 heavy (non-hydrogen) atoms. The van der Waals surface area contributed by atoms with Gasteiger partial charge in [0.2, 0.25) is 5.82 Å². The maximum atomic E-state index is 12.4. The topological polar surface area (TPSA) is 78.4 Å². The largest absolute Gasteiger partial charge is 0.573 e. The van der Waals surface area contributed by atoms with Crippen LogP contribution >= 0.6 is 11.9 Å². The highest BCUT2D eigenvalue weighted by atomic mass is 32.2. The first-order valence-electron chi connectivity index (χ1n) is 11.2. The first-order valence-corrected chi connectivity index (χ1v) is 11.9. The van der Waals surface area contributed by atoms with Crippen LogP contribution in [-0.4, -0.2) is 56.7 Å². The van der Waals surface area contributed by atoms with Crippen molar-refractivity contribution in [2.75, 3.05) is 26.3 Å². The van der Waals surface area contributed by atoms with Crippen LogP contribution in [0.5, 0.6) is 5.75 Å². The van der Waals surface area contributed by atoms with Gasteiger partial charge in [0.05, 0.1) is 26.0 Å². The molecule has 0 amide bonds. The molecule has 12 heteroatoms. The van der Waals surface area contributed by atoms with Gasteiger partial charge in [-0.2, -0.15) is 0 Å². The van der Waals surface area contributed by atoms with Crippen molar-refractivity contribution in [1.29, 1.82) is 0 Å². The average molecular weight is 518 g/mol. The highest BCUT2D eigenvalue weighted by molar-refractivity contribution is 7.97. The summed E-state index contributed by atoms with van der Waals surface area (Å²) in [6, 6.07) is 13.6. The van der Waals surface area contributed by atoms with E-state index in [1.165, 1.54) is 30.5 Å². The summed E-state index contributed by atoms with van der Waals surface area (Å²) in [5.41, 5.74) is 1.64. The molecule has 0 N–H and O–H groups in total. The molecule has 8 nitrogen and oxygen atoms in total. The molecular weight excluding hydrogens is 495 g/mol. The smallest absolute Gasteiger partial charge is 0.434 e. The molecule has 0 aliphatic carbocycles. The van der Waals surface area contributed by atoms with Gasteiger partial charge in [-0.3, -0.25) is 0 Å². The summed E-state index contributed by atoms with van der Waals surface area (Å²) in [6.07, 6.45) is -3.26. The molecule has 1 aliphatic rings. The molecule has 2 aromatic carbocycles. The fraction of sp³-hybridized carbons (Fsp3) is 0.292. The van der Waals surface area contributed by atoms with E-state index >= 15 is 0 Å². The van der Waals surface area contributed by atoms with Gasteiger partial charge in [0.1, 0.15) is 11.6 Å². The minimum Gasteiger partial charge on any atom is -0.434 e. The predicted octanol–water partition coefficient (Wildman–Crippen LogP) is 5.19. The summed E-state index contributed by atoms with van der Waals surface area (Å²) in [6.45, 7) is 5.66.